The summed E-state index contributed by atoms with van der Waals surface area (Å²) in [6.45, 7) is 8.56. The van der Waals surface area contributed by atoms with Crippen LogP contribution in [0.15, 0.2) is 4.99 Å². The van der Waals surface area contributed by atoms with Gasteiger partial charge in [-0.15, -0.1) is 0 Å². The summed E-state index contributed by atoms with van der Waals surface area (Å²) in [6.07, 6.45) is 0. The van der Waals surface area contributed by atoms with Crippen molar-refractivity contribution in [1.29, 1.82) is 0 Å². The van der Waals surface area contributed by atoms with Crippen molar-refractivity contribution in [1.82, 2.24) is 15.6 Å². The van der Waals surface area contributed by atoms with Crippen LogP contribution < -0.4 is 16.6 Å². The summed E-state index contributed by atoms with van der Waals surface area (Å²) in [5, 5.41) is 3.14. The highest BCUT2D eigenvalue weighted by Gasteiger charge is 2.05. The molecule has 0 fully saturated rings. The van der Waals surface area contributed by atoms with Crippen LogP contribution in [0.5, 0.6) is 0 Å². The predicted molar refractivity (Wildman–Crippen MR) is 71.9 cm³/mol. The molecular weight excluding hydrogens is 218 g/mol. The number of nitrogens with two attached hydrogens (primary N) is 1. The van der Waals surface area contributed by atoms with Gasteiger partial charge in [0.2, 0.25) is 5.96 Å². The van der Waals surface area contributed by atoms with Crippen LogP contribution in [0.3, 0.4) is 0 Å². The van der Waals surface area contributed by atoms with Crippen LogP contribution in [0.25, 0.3) is 0 Å². The minimum atomic E-state index is 0.178. The Labute approximate surface area is 105 Å². The fraction of sp³-hybridized carbons (Fsp3) is 0.909. The maximum Gasteiger partial charge on any atom is 0.206 e. The fourth-order valence-corrected chi connectivity index (χ4v) is 1.24. The van der Waals surface area contributed by atoms with Gasteiger partial charge < -0.3 is 15.0 Å². The number of nitrogens with one attached hydrogen (secondary N) is 2. The quantitative estimate of drug-likeness (QED) is 0.250. The molecule has 0 aromatic carbocycles. The molecule has 0 saturated carbocycles. The van der Waals surface area contributed by atoms with Crippen LogP contribution >= 0.6 is 0 Å². The van der Waals surface area contributed by atoms with Crippen molar-refractivity contribution in [3.05, 3.63) is 0 Å². The van der Waals surface area contributed by atoms with Crippen molar-refractivity contribution >= 4 is 5.96 Å². The van der Waals surface area contributed by atoms with E-state index in [4.69, 9.17) is 10.6 Å². The van der Waals surface area contributed by atoms with E-state index in [1.807, 2.05) is 6.92 Å². The molecule has 0 amide bonds. The molecule has 6 nitrogen and oxygen atoms in total. The van der Waals surface area contributed by atoms with Crippen molar-refractivity contribution in [3.8, 4) is 0 Å². The lowest BCUT2D eigenvalue weighted by molar-refractivity contribution is 0.179. The van der Waals surface area contributed by atoms with Gasteiger partial charge in [0.25, 0.3) is 0 Å². The first-order chi connectivity index (χ1) is 8.01. The molecule has 1 atom stereocenters. The first-order valence-corrected chi connectivity index (χ1v) is 5.98. The number of ether oxygens (including phenoxy) is 1. The molecule has 0 rings (SSSR count). The zero-order chi connectivity index (χ0) is 13.3. The summed E-state index contributed by atoms with van der Waals surface area (Å²) < 4.78 is 5.03. The van der Waals surface area contributed by atoms with Crippen molar-refractivity contribution in [2.24, 2.45) is 10.8 Å². The third-order valence-corrected chi connectivity index (χ3v) is 2.54. The number of likely N-dealkylation sites (N-methyl/N-ethyl adjacent to an activating group) is 1. The Balaban J connectivity index is 4.00. The zero-order valence-electron chi connectivity index (χ0n) is 11.7. The van der Waals surface area contributed by atoms with Gasteiger partial charge in [-0.25, -0.2) is 5.84 Å². The lowest BCUT2D eigenvalue weighted by Gasteiger charge is -2.20. The molecule has 0 saturated heterocycles. The first-order valence-electron chi connectivity index (χ1n) is 5.98. The molecular formula is C11H27N5O. The molecule has 0 aliphatic heterocycles. The van der Waals surface area contributed by atoms with Gasteiger partial charge in [-0.3, -0.25) is 10.4 Å². The van der Waals surface area contributed by atoms with Crippen molar-refractivity contribution in [3.63, 3.8) is 0 Å². The van der Waals surface area contributed by atoms with Gasteiger partial charge >= 0.3 is 0 Å². The van der Waals surface area contributed by atoms with E-state index >= 15 is 0 Å². The van der Waals surface area contributed by atoms with Gasteiger partial charge in [-0.05, 0) is 27.8 Å². The van der Waals surface area contributed by atoms with Crippen LogP contribution in [0.1, 0.15) is 20.8 Å². The molecule has 0 aromatic rings. The zero-order valence-corrected chi connectivity index (χ0v) is 11.7. The third kappa shape index (κ3) is 7.95. The second-order valence-corrected chi connectivity index (χ2v) is 4.45. The van der Waals surface area contributed by atoms with E-state index in [9.17, 15) is 0 Å². The molecule has 6 heteroatoms. The molecule has 0 heterocycles. The van der Waals surface area contributed by atoms with Crippen LogP contribution in [0.4, 0.5) is 0 Å². The minimum absolute atomic E-state index is 0.178. The highest BCUT2D eigenvalue weighted by molar-refractivity contribution is 5.79. The molecule has 0 radical (unpaired) electrons. The van der Waals surface area contributed by atoms with Crippen LogP contribution in [0, 0.1) is 0 Å². The highest BCUT2D eigenvalue weighted by Crippen LogP contribution is 1.92. The maximum absolute atomic E-state index is 5.40. The topological polar surface area (TPSA) is 74.9 Å². The van der Waals surface area contributed by atoms with Crippen LogP contribution in [-0.4, -0.2) is 56.8 Å². The Morgan fingerprint density at radius 2 is 2.06 bits per heavy atom. The Kier molecular flexibility index (Phi) is 8.75. The van der Waals surface area contributed by atoms with E-state index < -0.39 is 0 Å². The maximum atomic E-state index is 5.40. The smallest absolute Gasteiger partial charge is 0.206 e. The van der Waals surface area contributed by atoms with Crippen molar-refractivity contribution in [2.45, 2.75) is 32.9 Å². The summed E-state index contributed by atoms with van der Waals surface area (Å²) in [6, 6.07) is 0.706. The van der Waals surface area contributed by atoms with Gasteiger partial charge in [0.1, 0.15) is 0 Å². The SMILES string of the molecule is COCC(C)NC(=NCCN(C)C(C)C)NN. The van der Waals surface area contributed by atoms with E-state index in [-0.39, 0.29) is 6.04 Å². The first kappa shape index (κ1) is 16.1. The van der Waals surface area contributed by atoms with Gasteiger partial charge in [0, 0.05) is 25.7 Å². The van der Waals surface area contributed by atoms with Gasteiger partial charge in [0.15, 0.2) is 0 Å². The molecule has 17 heavy (non-hydrogen) atoms. The van der Waals surface area contributed by atoms with E-state index in [1.165, 1.54) is 0 Å². The number of hydrogen-bond donors (Lipinski definition) is 3. The largest absolute Gasteiger partial charge is 0.383 e. The Morgan fingerprint density at radius 1 is 1.41 bits per heavy atom. The average molecular weight is 245 g/mol. The Morgan fingerprint density at radius 3 is 2.53 bits per heavy atom. The minimum Gasteiger partial charge on any atom is -0.383 e. The molecule has 0 aromatic heterocycles. The lowest BCUT2D eigenvalue weighted by atomic mass is 10.3. The number of methoxy groups -OCH3 is 1. The highest BCUT2D eigenvalue weighted by atomic mass is 16.5. The normalized spacial score (nSPS) is 14.2. The van der Waals surface area contributed by atoms with Gasteiger partial charge in [-0.2, -0.15) is 0 Å². The summed E-state index contributed by atoms with van der Waals surface area (Å²) in [5.41, 5.74) is 2.56. The molecule has 1 unspecified atom stereocenters. The van der Waals surface area contributed by atoms with Crippen LogP contribution in [-0.2, 0) is 4.74 Å². The van der Waals surface area contributed by atoms with E-state index in [2.05, 4.69) is 41.5 Å². The van der Waals surface area contributed by atoms with Gasteiger partial charge in [0.05, 0.1) is 13.2 Å². The summed E-state index contributed by atoms with van der Waals surface area (Å²) in [5.74, 6) is 6.00. The summed E-state index contributed by atoms with van der Waals surface area (Å²) >= 11 is 0. The van der Waals surface area contributed by atoms with E-state index in [0.717, 1.165) is 6.54 Å². The molecule has 0 aliphatic carbocycles. The number of hydrogen-bond acceptors (Lipinski definition) is 4. The Bertz CT molecular complexity index is 220. The number of guanidine groups is 1. The third-order valence-electron chi connectivity index (χ3n) is 2.54. The summed E-state index contributed by atoms with van der Waals surface area (Å²) in [4.78, 5) is 6.59. The monoisotopic (exact) mass is 245 g/mol. The van der Waals surface area contributed by atoms with Crippen molar-refractivity contribution in [2.75, 3.05) is 33.9 Å². The number of nitrogens with zero attached hydrogens (tertiary/aromatic N) is 2. The average Bonchev–Trinajstić information content (AvgIpc) is 2.27. The molecule has 4 N–H and O–H groups in total. The molecule has 0 spiro atoms. The predicted octanol–water partition coefficient (Wildman–Crippen LogP) is -0.230. The number of aliphatic imine (C=N–C) groups is 1. The van der Waals surface area contributed by atoms with E-state index in [1.54, 1.807) is 7.11 Å². The molecule has 0 aliphatic rings. The lowest BCUT2D eigenvalue weighted by Crippen LogP contribution is -2.47. The van der Waals surface area contributed by atoms with Gasteiger partial charge in [-0.1, -0.05) is 0 Å². The Hall–Kier alpha value is -0.850. The van der Waals surface area contributed by atoms with Crippen LogP contribution in [0.2, 0.25) is 0 Å². The number of hydrazine groups is 1. The van der Waals surface area contributed by atoms with Crippen molar-refractivity contribution < 1.29 is 4.74 Å². The molecule has 102 valence electrons. The standard InChI is InChI=1S/C11H27N5O/c1-9(2)16(4)7-6-13-11(15-12)14-10(3)8-17-5/h9-10H,6-8,12H2,1-5H3,(H2,13,14,15). The second-order valence-electron chi connectivity index (χ2n) is 4.45. The fourth-order valence-electron chi connectivity index (χ4n) is 1.24. The number of rotatable bonds is 7. The molecule has 0 bridgehead atoms. The second kappa shape index (κ2) is 9.21. The summed E-state index contributed by atoms with van der Waals surface area (Å²) in [7, 11) is 3.75. The van der Waals surface area contributed by atoms with E-state index in [0.29, 0.717) is 25.2 Å².